The molecule has 0 aliphatic carbocycles. The predicted octanol–water partition coefficient (Wildman–Crippen LogP) is -0.573. The Balaban J connectivity index is 2.89. The Labute approximate surface area is 75.0 Å². The summed E-state index contributed by atoms with van der Waals surface area (Å²) in [7, 11) is 0. The van der Waals surface area contributed by atoms with Crippen molar-refractivity contribution >= 4 is 23.6 Å². The van der Waals surface area contributed by atoms with Crippen molar-refractivity contribution in [2.75, 3.05) is 5.75 Å². The fourth-order valence-corrected chi connectivity index (χ4v) is 2.49. The molecule has 1 unspecified atom stereocenters. The van der Waals surface area contributed by atoms with Crippen LogP contribution in [-0.4, -0.2) is 22.3 Å². The summed E-state index contributed by atoms with van der Waals surface area (Å²) in [5, 5.41) is 0. The molecule has 67 valence electrons. The van der Waals surface area contributed by atoms with Gasteiger partial charge in [0.05, 0.1) is 5.92 Å². The molecule has 0 bridgehead atoms. The third kappa shape index (κ3) is 1.29. The molecule has 1 atom stereocenters. The first-order valence-corrected chi connectivity index (χ1v) is 4.57. The highest BCUT2D eigenvalue weighted by atomic mass is 32.2. The van der Waals surface area contributed by atoms with E-state index in [-0.39, 0.29) is 0 Å². The van der Waals surface area contributed by atoms with E-state index >= 15 is 0 Å². The maximum Gasteiger partial charge on any atom is 0.234 e. The molecule has 0 spiro atoms. The van der Waals surface area contributed by atoms with Crippen LogP contribution in [0.4, 0.5) is 0 Å². The van der Waals surface area contributed by atoms with Gasteiger partial charge in [-0.3, -0.25) is 9.59 Å². The molecule has 5 heteroatoms. The fourth-order valence-electron chi connectivity index (χ4n) is 1.26. The number of hydrogen-bond donors (Lipinski definition) is 2. The molecule has 1 aliphatic rings. The molecule has 0 aromatic carbocycles. The Morgan fingerprint density at radius 3 is 2.42 bits per heavy atom. The van der Waals surface area contributed by atoms with E-state index < -0.39 is 16.6 Å². The fraction of sp³-hybridized carbons (Fsp3) is 0.571. The van der Waals surface area contributed by atoms with E-state index in [9.17, 15) is 9.59 Å². The molecule has 4 nitrogen and oxygen atoms in total. The molecule has 1 saturated heterocycles. The van der Waals surface area contributed by atoms with Gasteiger partial charge >= 0.3 is 0 Å². The molecule has 1 rings (SSSR count). The van der Waals surface area contributed by atoms with Crippen molar-refractivity contribution in [3.63, 3.8) is 0 Å². The smallest absolute Gasteiger partial charge is 0.234 e. The van der Waals surface area contributed by atoms with Gasteiger partial charge in [0.25, 0.3) is 0 Å². The maximum absolute atomic E-state index is 11.0. The van der Waals surface area contributed by atoms with Crippen molar-refractivity contribution < 1.29 is 9.59 Å². The lowest BCUT2D eigenvalue weighted by atomic mass is 9.90. The van der Waals surface area contributed by atoms with Crippen LogP contribution in [0.15, 0.2) is 0 Å². The van der Waals surface area contributed by atoms with Crippen molar-refractivity contribution in [3.8, 4) is 0 Å². The summed E-state index contributed by atoms with van der Waals surface area (Å²) >= 11 is 1.38. The van der Waals surface area contributed by atoms with Crippen LogP contribution in [0.3, 0.4) is 0 Å². The highest BCUT2D eigenvalue weighted by Crippen LogP contribution is 2.43. The molecule has 1 aliphatic heterocycles. The van der Waals surface area contributed by atoms with Gasteiger partial charge in [0, 0.05) is 0 Å². The Hall–Kier alpha value is -0.710. The van der Waals surface area contributed by atoms with Crippen molar-refractivity contribution in [1.29, 1.82) is 0 Å². The van der Waals surface area contributed by atoms with Crippen LogP contribution >= 0.6 is 11.8 Å². The minimum absolute atomic E-state index is 0.444. The first-order chi connectivity index (χ1) is 5.48. The van der Waals surface area contributed by atoms with Gasteiger partial charge in [-0.1, -0.05) is 0 Å². The average Bonchev–Trinajstić information content (AvgIpc) is 2.32. The average molecular weight is 187 g/mol. The number of amides is 2. The van der Waals surface area contributed by atoms with Crippen molar-refractivity contribution in [2.45, 2.75) is 18.1 Å². The zero-order chi connectivity index (χ0) is 9.35. The van der Waals surface area contributed by atoms with Gasteiger partial charge in [-0.15, -0.1) is 11.8 Å². The number of carbonyl (C=O) groups is 2. The Bertz CT molecular complexity index is 231. The van der Waals surface area contributed by atoms with Crippen LogP contribution in [0.5, 0.6) is 0 Å². The number of nitrogens with two attached hydrogens (primary N) is 2. The number of rotatable bonds is 2. The summed E-state index contributed by atoms with van der Waals surface area (Å²) < 4.78 is -0.869. The lowest BCUT2D eigenvalue weighted by molar-refractivity contribution is -0.123. The van der Waals surface area contributed by atoms with Gasteiger partial charge in [-0.05, 0) is 19.1 Å². The summed E-state index contributed by atoms with van der Waals surface area (Å²) in [5.74, 6) is 0.178. The SMILES string of the molecule is CC1(C(N)=O)SCC[C]1C(N)=O. The zero-order valence-corrected chi connectivity index (χ0v) is 7.61. The third-order valence-electron chi connectivity index (χ3n) is 2.09. The topological polar surface area (TPSA) is 86.2 Å². The second-order valence-corrected chi connectivity index (χ2v) is 4.35. The summed E-state index contributed by atoms with van der Waals surface area (Å²) in [6.07, 6.45) is 0.569. The molecule has 4 N–H and O–H groups in total. The summed E-state index contributed by atoms with van der Waals surface area (Å²) in [6, 6.07) is 0. The van der Waals surface area contributed by atoms with Gasteiger partial charge in [-0.2, -0.15) is 0 Å². The molecule has 0 aromatic heterocycles. The Morgan fingerprint density at radius 1 is 1.50 bits per heavy atom. The molecule has 2 amide bonds. The first kappa shape index (κ1) is 9.38. The van der Waals surface area contributed by atoms with Gasteiger partial charge in [0.1, 0.15) is 4.75 Å². The van der Waals surface area contributed by atoms with E-state index in [1.165, 1.54) is 11.8 Å². The van der Waals surface area contributed by atoms with E-state index in [1.807, 2.05) is 0 Å². The van der Waals surface area contributed by atoms with E-state index in [0.29, 0.717) is 12.3 Å². The molecule has 1 radical (unpaired) electrons. The van der Waals surface area contributed by atoms with E-state index in [1.54, 1.807) is 6.92 Å². The highest BCUT2D eigenvalue weighted by molar-refractivity contribution is 8.01. The van der Waals surface area contributed by atoms with Crippen LogP contribution in [0.25, 0.3) is 0 Å². The lowest BCUT2D eigenvalue weighted by Gasteiger charge is -2.23. The quantitative estimate of drug-likeness (QED) is 0.606. The highest BCUT2D eigenvalue weighted by Gasteiger charge is 2.48. The van der Waals surface area contributed by atoms with Crippen LogP contribution in [-0.2, 0) is 9.59 Å². The van der Waals surface area contributed by atoms with Crippen LogP contribution in [0.2, 0.25) is 0 Å². The molecule has 1 fully saturated rings. The van der Waals surface area contributed by atoms with Crippen LogP contribution < -0.4 is 11.5 Å². The molecular weight excluding hydrogens is 176 g/mol. The number of hydrogen-bond acceptors (Lipinski definition) is 3. The van der Waals surface area contributed by atoms with Gasteiger partial charge in [0.2, 0.25) is 11.8 Å². The first-order valence-electron chi connectivity index (χ1n) is 3.58. The molecule has 1 heterocycles. The lowest BCUT2D eigenvalue weighted by Crippen LogP contribution is -2.45. The molecule has 12 heavy (non-hydrogen) atoms. The molecule has 0 aromatic rings. The summed E-state index contributed by atoms with van der Waals surface area (Å²) in [5.41, 5.74) is 10.3. The summed E-state index contributed by atoms with van der Waals surface area (Å²) in [6.45, 7) is 1.65. The minimum atomic E-state index is -0.869. The number of carbonyl (C=O) groups excluding carboxylic acids is 2. The van der Waals surface area contributed by atoms with Crippen molar-refractivity contribution in [2.24, 2.45) is 11.5 Å². The van der Waals surface area contributed by atoms with E-state index in [4.69, 9.17) is 11.5 Å². The Morgan fingerprint density at radius 2 is 2.08 bits per heavy atom. The number of primary amides is 2. The van der Waals surface area contributed by atoms with E-state index in [0.717, 1.165) is 5.75 Å². The van der Waals surface area contributed by atoms with Crippen molar-refractivity contribution in [3.05, 3.63) is 5.92 Å². The maximum atomic E-state index is 11.0. The number of thioether (sulfide) groups is 1. The van der Waals surface area contributed by atoms with Crippen LogP contribution in [0.1, 0.15) is 13.3 Å². The minimum Gasteiger partial charge on any atom is -0.369 e. The Kier molecular flexibility index (Phi) is 2.32. The second kappa shape index (κ2) is 2.97. The van der Waals surface area contributed by atoms with Crippen LogP contribution in [0, 0.1) is 5.92 Å². The standard InChI is InChI=1S/C7H11N2O2S/c1-7(6(9)11)4(5(8)10)2-3-12-7/h2-3H2,1H3,(H2,8,10)(H2,9,11). The molecular formula is C7H11N2O2S. The largest absolute Gasteiger partial charge is 0.369 e. The summed E-state index contributed by atoms with van der Waals surface area (Å²) in [4.78, 5) is 21.9. The van der Waals surface area contributed by atoms with Gasteiger partial charge in [0.15, 0.2) is 0 Å². The monoisotopic (exact) mass is 187 g/mol. The van der Waals surface area contributed by atoms with E-state index in [2.05, 4.69) is 0 Å². The molecule has 0 saturated carbocycles. The normalized spacial score (nSPS) is 30.4. The van der Waals surface area contributed by atoms with Crippen molar-refractivity contribution in [1.82, 2.24) is 0 Å². The second-order valence-electron chi connectivity index (χ2n) is 2.84. The van der Waals surface area contributed by atoms with Gasteiger partial charge in [-0.25, -0.2) is 0 Å². The zero-order valence-electron chi connectivity index (χ0n) is 6.79. The third-order valence-corrected chi connectivity index (χ3v) is 3.52. The predicted molar refractivity (Wildman–Crippen MR) is 47.1 cm³/mol. The van der Waals surface area contributed by atoms with Gasteiger partial charge < -0.3 is 11.5 Å².